The molecule has 0 saturated carbocycles. The third-order valence-electron chi connectivity index (χ3n) is 6.46. The molecule has 1 aliphatic rings. The van der Waals surface area contributed by atoms with Crippen LogP contribution in [-0.2, 0) is 38.4 Å². The third kappa shape index (κ3) is 7.37. The Kier molecular flexibility index (Phi) is 9.01. The average Bonchev–Trinajstić information content (AvgIpc) is 2.95. The molecule has 1 atom stereocenters. The molecule has 0 saturated heterocycles. The van der Waals surface area contributed by atoms with Gasteiger partial charge in [-0.25, -0.2) is 14.4 Å². The van der Waals surface area contributed by atoms with Crippen molar-refractivity contribution in [3.63, 3.8) is 0 Å². The smallest absolute Gasteiger partial charge is 0.457 e. The second kappa shape index (κ2) is 12.6. The molecular weight excluding hydrogens is 540 g/mol. The highest BCUT2D eigenvalue weighted by molar-refractivity contribution is 5.92. The normalized spacial score (nSPS) is 15.8. The van der Waals surface area contributed by atoms with E-state index in [4.69, 9.17) is 23.7 Å². The zero-order chi connectivity index (χ0) is 30.3. The minimum atomic E-state index is -1.55. The number of hydrogen-bond acceptors (Lipinski definition) is 9. The second-order valence-corrected chi connectivity index (χ2v) is 10.7. The number of nitrogens with zero attached hydrogens (tertiary/aromatic N) is 1. The van der Waals surface area contributed by atoms with Crippen molar-refractivity contribution < 1.29 is 38.1 Å². The summed E-state index contributed by atoms with van der Waals surface area (Å²) in [6.45, 7) is 5.22. The van der Waals surface area contributed by atoms with Crippen molar-refractivity contribution >= 4 is 18.2 Å². The van der Waals surface area contributed by atoms with Crippen LogP contribution in [0.2, 0.25) is 0 Å². The van der Waals surface area contributed by atoms with Crippen molar-refractivity contribution in [2.75, 3.05) is 7.11 Å². The van der Waals surface area contributed by atoms with E-state index in [1.165, 1.54) is 0 Å². The molecule has 1 N–H and O–H groups in total. The Bertz CT molecular complexity index is 1510. The van der Waals surface area contributed by atoms with Crippen molar-refractivity contribution in [1.82, 2.24) is 5.32 Å². The van der Waals surface area contributed by atoms with Crippen LogP contribution in [0.4, 0.5) is 9.59 Å². The number of alkyl carbamates (subject to hydrolysis) is 1. The first-order chi connectivity index (χ1) is 20.0. The van der Waals surface area contributed by atoms with E-state index >= 15 is 0 Å². The van der Waals surface area contributed by atoms with Gasteiger partial charge in [-0.1, -0.05) is 42.5 Å². The molecule has 1 aliphatic carbocycles. The van der Waals surface area contributed by atoms with E-state index < -0.39 is 29.5 Å². The molecule has 42 heavy (non-hydrogen) atoms. The summed E-state index contributed by atoms with van der Waals surface area (Å²) in [6, 6.07) is 21.3. The molecule has 0 spiro atoms. The van der Waals surface area contributed by atoms with Gasteiger partial charge in [0.15, 0.2) is 5.72 Å². The van der Waals surface area contributed by atoms with Gasteiger partial charge in [0.2, 0.25) is 0 Å². The van der Waals surface area contributed by atoms with E-state index in [2.05, 4.69) is 11.4 Å². The molecule has 0 heterocycles. The number of hydrogen-bond donors (Lipinski definition) is 1. The second-order valence-electron chi connectivity index (χ2n) is 10.7. The van der Waals surface area contributed by atoms with Gasteiger partial charge < -0.3 is 23.7 Å². The number of methoxy groups -OCH3 is 1. The topological polar surface area (TPSA) is 133 Å². The lowest BCUT2D eigenvalue weighted by Crippen LogP contribution is -2.56. The highest BCUT2D eigenvalue weighted by Crippen LogP contribution is 2.40. The fraction of sp³-hybridized carbons (Fsp3) is 0.312. The zero-order valence-electron chi connectivity index (χ0n) is 23.9. The first-order valence-corrected chi connectivity index (χ1v) is 13.3. The quantitative estimate of drug-likeness (QED) is 0.199. The Hall–Kier alpha value is -5.04. The van der Waals surface area contributed by atoms with Crippen molar-refractivity contribution in [2.24, 2.45) is 0 Å². The van der Waals surface area contributed by atoms with Crippen LogP contribution in [0, 0.1) is 11.3 Å². The summed E-state index contributed by atoms with van der Waals surface area (Å²) in [5.74, 6) is -0.0320. The average molecular weight is 573 g/mol. The number of fused-ring (bicyclic) bond motifs is 1. The van der Waals surface area contributed by atoms with Crippen LogP contribution in [0.5, 0.6) is 11.5 Å². The first-order valence-electron chi connectivity index (χ1n) is 13.3. The Balaban J connectivity index is 1.66. The number of para-hydroxylation sites is 1. The molecule has 0 radical (unpaired) electrons. The van der Waals surface area contributed by atoms with Gasteiger partial charge >= 0.3 is 18.2 Å². The molecule has 218 valence electrons. The summed E-state index contributed by atoms with van der Waals surface area (Å²) in [5, 5.41) is 12.5. The van der Waals surface area contributed by atoms with E-state index in [1.807, 2.05) is 30.3 Å². The molecule has 3 aromatic carbocycles. The summed E-state index contributed by atoms with van der Waals surface area (Å²) in [7, 11) is 1.16. The van der Waals surface area contributed by atoms with Crippen LogP contribution in [-0.4, -0.2) is 36.7 Å². The molecule has 3 aromatic rings. The Morgan fingerprint density at radius 1 is 0.952 bits per heavy atom. The summed E-state index contributed by atoms with van der Waals surface area (Å²) in [4.78, 5) is 38.1. The Morgan fingerprint density at radius 3 is 2.36 bits per heavy atom. The van der Waals surface area contributed by atoms with Crippen LogP contribution in [0.15, 0.2) is 66.7 Å². The predicted octanol–water partition coefficient (Wildman–Crippen LogP) is 6.20. The van der Waals surface area contributed by atoms with Crippen molar-refractivity contribution in [3.8, 4) is 17.6 Å². The fourth-order valence-corrected chi connectivity index (χ4v) is 4.61. The number of carbonyl (C=O) groups is 3. The van der Waals surface area contributed by atoms with Crippen LogP contribution in [0.25, 0.3) is 0 Å². The molecule has 1 amide bonds. The van der Waals surface area contributed by atoms with Crippen LogP contribution in [0.1, 0.15) is 59.8 Å². The SMILES string of the molecule is COC(=O)O[C@@]1(NC(=O)OC(C)(C)C)CCc2c(C#N)ccc(Oc3ccccc3C(=O)OCc3ccccc3)c2C1. The summed E-state index contributed by atoms with van der Waals surface area (Å²) in [6.07, 6.45) is -1.43. The molecule has 0 bridgehead atoms. The van der Waals surface area contributed by atoms with Gasteiger partial charge in [0.1, 0.15) is 29.3 Å². The van der Waals surface area contributed by atoms with Gasteiger partial charge in [-0.15, -0.1) is 0 Å². The van der Waals surface area contributed by atoms with Crippen LogP contribution >= 0.6 is 0 Å². The molecule has 10 heteroatoms. The van der Waals surface area contributed by atoms with Gasteiger partial charge in [-0.05, 0) is 62.6 Å². The lowest BCUT2D eigenvalue weighted by atomic mass is 9.82. The highest BCUT2D eigenvalue weighted by Gasteiger charge is 2.43. The minimum absolute atomic E-state index is 0.0534. The molecule has 4 rings (SSSR count). The molecule has 0 aromatic heterocycles. The number of benzene rings is 3. The Morgan fingerprint density at radius 2 is 1.67 bits per heavy atom. The Labute approximate surface area is 244 Å². The zero-order valence-corrected chi connectivity index (χ0v) is 23.9. The van der Waals surface area contributed by atoms with Crippen LogP contribution < -0.4 is 10.1 Å². The van der Waals surface area contributed by atoms with E-state index in [-0.39, 0.29) is 37.2 Å². The van der Waals surface area contributed by atoms with E-state index in [1.54, 1.807) is 57.2 Å². The largest absolute Gasteiger partial charge is 0.510 e. The number of nitriles is 1. The number of nitrogens with one attached hydrogen (secondary N) is 1. The monoisotopic (exact) mass is 572 g/mol. The van der Waals surface area contributed by atoms with Crippen LogP contribution in [0.3, 0.4) is 0 Å². The van der Waals surface area contributed by atoms with Gasteiger partial charge in [-0.3, -0.25) is 5.32 Å². The van der Waals surface area contributed by atoms with Gasteiger partial charge in [0.05, 0.1) is 18.7 Å². The maximum absolute atomic E-state index is 13.0. The van der Waals surface area contributed by atoms with E-state index in [9.17, 15) is 19.6 Å². The first kappa shape index (κ1) is 29.9. The molecule has 10 nitrogen and oxygen atoms in total. The molecular formula is C32H32N2O8. The summed E-state index contributed by atoms with van der Waals surface area (Å²) < 4.78 is 27.5. The molecule has 0 fully saturated rings. The predicted molar refractivity (Wildman–Crippen MR) is 151 cm³/mol. The van der Waals surface area contributed by atoms with Crippen molar-refractivity contribution in [1.29, 1.82) is 5.26 Å². The summed E-state index contributed by atoms with van der Waals surface area (Å²) in [5.41, 5.74) is 0.294. The molecule has 0 aliphatic heterocycles. The lowest BCUT2D eigenvalue weighted by molar-refractivity contribution is -0.0600. The number of carbonyl (C=O) groups excluding carboxylic acids is 3. The minimum Gasteiger partial charge on any atom is -0.457 e. The number of amides is 1. The van der Waals surface area contributed by atoms with E-state index in [0.29, 0.717) is 22.4 Å². The van der Waals surface area contributed by atoms with Crippen molar-refractivity contribution in [3.05, 3.63) is 94.5 Å². The third-order valence-corrected chi connectivity index (χ3v) is 6.46. The summed E-state index contributed by atoms with van der Waals surface area (Å²) >= 11 is 0. The van der Waals surface area contributed by atoms with Gasteiger partial charge in [0, 0.05) is 18.4 Å². The number of esters is 1. The van der Waals surface area contributed by atoms with E-state index in [0.717, 1.165) is 12.7 Å². The van der Waals surface area contributed by atoms with Gasteiger partial charge in [-0.2, -0.15) is 5.26 Å². The molecule has 0 unspecified atom stereocenters. The highest BCUT2D eigenvalue weighted by atomic mass is 16.7. The standard InChI is InChI=1S/C32H32N2O8/c1-31(2,3)41-29(36)34-32(42-30(37)38-4)17-16-23-22(19-33)14-15-27(25(23)18-32)40-26-13-9-8-12-24(26)28(35)39-20-21-10-6-5-7-11-21/h5-15H,16-18,20H2,1-4H3,(H,34,36)/t32-/m0/s1. The number of rotatable bonds is 7. The maximum Gasteiger partial charge on any atom is 0.510 e. The lowest BCUT2D eigenvalue weighted by Gasteiger charge is -2.38. The van der Waals surface area contributed by atoms with Gasteiger partial charge in [0.25, 0.3) is 0 Å². The van der Waals surface area contributed by atoms with Crippen molar-refractivity contribution in [2.45, 2.75) is 58.0 Å². The maximum atomic E-state index is 13.0. The number of ether oxygens (including phenoxy) is 5. The fourth-order valence-electron chi connectivity index (χ4n) is 4.61.